The summed E-state index contributed by atoms with van der Waals surface area (Å²) in [5, 5.41) is 37.1. The van der Waals surface area contributed by atoms with Gasteiger partial charge in [-0.1, -0.05) is 6.07 Å². The molecule has 44 heavy (non-hydrogen) atoms. The third-order valence-electron chi connectivity index (χ3n) is 8.51. The van der Waals surface area contributed by atoms with Crippen molar-refractivity contribution in [3.05, 3.63) is 70.3 Å². The summed E-state index contributed by atoms with van der Waals surface area (Å²) in [6.07, 6.45) is 3.61. The second-order valence-corrected chi connectivity index (χ2v) is 11.7. The maximum Gasteiger partial charge on any atom is 0.333 e. The molecule has 3 aliphatic carbocycles. The number of fused-ring (bicyclic) bond motifs is 3. The highest BCUT2D eigenvalue weighted by atomic mass is 16.3. The van der Waals surface area contributed by atoms with Crippen molar-refractivity contribution in [2.75, 3.05) is 38.4 Å². The monoisotopic (exact) mass is 605 g/mol. The number of primary amides is 1. The van der Waals surface area contributed by atoms with Crippen molar-refractivity contribution in [2.45, 2.75) is 31.0 Å². The summed E-state index contributed by atoms with van der Waals surface area (Å²) in [6, 6.07) is 5.16. The van der Waals surface area contributed by atoms with Gasteiger partial charge >= 0.3 is 6.03 Å². The van der Waals surface area contributed by atoms with Crippen molar-refractivity contribution in [3.63, 3.8) is 0 Å². The summed E-state index contributed by atoms with van der Waals surface area (Å²) in [5.41, 5.74) is 9.88. The van der Waals surface area contributed by atoms with Gasteiger partial charge in [0.15, 0.2) is 11.4 Å². The highest BCUT2D eigenvalue weighted by molar-refractivity contribution is 6.24. The number of Topliss-reactive ketones (excluding diaryl/α,β-unsaturated/α-hetero) is 2. The number of hydrogen-bond donors (Lipinski definition) is 7. The van der Waals surface area contributed by atoms with Crippen molar-refractivity contribution >= 4 is 40.6 Å². The average Bonchev–Trinajstić information content (AvgIpc) is 2.95. The molecule has 8 N–H and O–H groups in total. The topological polar surface area (TPSA) is 210 Å². The van der Waals surface area contributed by atoms with Crippen LogP contribution in [0.15, 0.2) is 53.6 Å². The quantitative estimate of drug-likeness (QED) is 0.171. The standard InChI is InChI=1S/C30H35N7O7/c1-36(2)20-11-16(34-29(43)35-33-13-14-6-5-7-32-12-14)10-18-17(20)8-15-9-19-23(37(3)4)25(39)22(28(31)42)27(41)30(19,44)26(40)21(15)24(18)38/h5-7,10-12,15,19,23,33,38,41,44H,8-9,13H2,1-4H3,(H2,31,42)(H2,34,35,43)/t15?,19?,23-,30-/m0/s1. The zero-order chi connectivity index (χ0) is 32.1. The molecule has 0 bridgehead atoms. The van der Waals surface area contributed by atoms with Crippen LogP contribution in [0.4, 0.5) is 16.2 Å². The number of aliphatic hydroxyl groups is 3. The zero-order valence-corrected chi connectivity index (χ0v) is 24.7. The van der Waals surface area contributed by atoms with E-state index in [1.165, 1.54) is 11.0 Å². The van der Waals surface area contributed by atoms with Gasteiger partial charge in [0, 0.05) is 61.5 Å². The first kappa shape index (κ1) is 30.7. The number of anilines is 2. The Morgan fingerprint density at radius 1 is 1.16 bits per heavy atom. The predicted molar refractivity (Wildman–Crippen MR) is 160 cm³/mol. The number of nitrogens with zero attached hydrogens (tertiary/aromatic N) is 3. The second kappa shape index (κ2) is 11.4. The van der Waals surface area contributed by atoms with Crippen LogP contribution in [-0.4, -0.2) is 88.5 Å². The van der Waals surface area contributed by atoms with Crippen LogP contribution in [-0.2, 0) is 27.3 Å². The minimum Gasteiger partial charge on any atom is -0.508 e. The molecule has 4 atom stereocenters. The van der Waals surface area contributed by atoms with E-state index in [1.807, 2.05) is 11.0 Å². The number of aromatic nitrogens is 1. The molecule has 1 aromatic carbocycles. The van der Waals surface area contributed by atoms with E-state index in [2.05, 4.69) is 21.2 Å². The fourth-order valence-electron chi connectivity index (χ4n) is 6.59. The van der Waals surface area contributed by atoms with Crippen LogP contribution in [0.5, 0.6) is 0 Å². The number of ketones is 2. The number of carbonyl (C=O) groups excluding carboxylic acids is 4. The minimum absolute atomic E-state index is 0.0453. The number of hydrazine groups is 1. The van der Waals surface area contributed by atoms with Crippen LogP contribution in [0.25, 0.3) is 5.76 Å². The van der Waals surface area contributed by atoms with E-state index in [9.17, 15) is 34.5 Å². The molecule has 1 saturated carbocycles. The number of carbonyl (C=O) groups is 4. The van der Waals surface area contributed by atoms with E-state index in [0.717, 1.165) is 5.56 Å². The third-order valence-corrected chi connectivity index (χ3v) is 8.51. The van der Waals surface area contributed by atoms with Gasteiger partial charge in [-0.3, -0.25) is 29.7 Å². The molecule has 0 aliphatic heterocycles. The summed E-state index contributed by atoms with van der Waals surface area (Å²) in [6.45, 7) is 0.327. The van der Waals surface area contributed by atoms with E-state index in [-0.39, 0.29) is 24.0 Å². The molecule has 0 spiro atoms. The molecule has 2 unspecified atom stereocenters. The van der Waals surface area contributed by atoms with E-state index >= 15 is 0 Å². The van der Waals surface area contributed by atoms with Crippen LogP contribution >= 0.6 is 0 Å². The van der Waals surface area contributed by atoms with E-state index in [1.54, 1.807) is 52.7 Å². The second-order valence-electron chi connectivity index (χ2n) is 11.7. The van der Waals surface area contributed by atoms with E-state index < -0.39 is 64.1 Å². The third kappa shape index (κ3) is 4.96. The lowest BCUT2D eigenvalue weighted by molar-refractivity contribution is -0.153. The molecule has 1 fully saturated rings. The number of nitrogens with one attached hydrogen (secondary N) is 3. The van der Waals surface area contributed by atoms with E-state index in [4.69, 9.17) is 5.73 Å². The Balaban J connectivity index is 1.52. The largest absolute Gasteiger partial charge is 0.508 e. The van der Waals surface area contributed by atoms with Crippen molar-refractivity contribution < 1.29 is 34.5 Å². The number of hydrogen-bond acceptors (Lipinski definition) is 11. The van der Waals surface area contributed by atoms with Crippen LogP contribution in [0.1, 0.15) is 23.1 Å². The molecule has 3 aliphatic rings. The maximum absolute atomic E-state index is 14.1. The molecule has 2 aromatic rings. The number of aliphatic hydroxyl groups excluding tert-OH is 2. The van der Waals surface area contributed by atoms with Gasteiger partial charge in [-0.05, 0) is 62.2 Å². The molecule has 1 aromatic heterocycles. The van der Waals surface area contributed by atoms with Gasteiger partial charge in [-0.15, -0.1) is 0 Å². The first-order valence-corrected chi connectivity index (χ1v) is 13.9. The lowest BCUT2D eigenvalue weighted by atomic mass is 9.57. The highest BCUT2D eigenvalue weighted by Gasteiger charge is 2.64. The SMILES string of the molecule is CN(C)c1cc(NC(=O)NNCc2cccnc2)cc2c1CC1CC3[C@H](N(C)C)C(=O)C(C(N)=O)=C(O)[C@@]3(O)C(=O)C1=C2O. The Morgan fingerprint density at radius 3 is 2.50 bits per heavy atom. The first-order chi connectivity index (χ1) is 20.8. The van der Waals surface area contributed by atoms with Gasteiger partial charge in [0.1, 0.15) is 17.1 Å². The maximum atomic E-state index is 14.1. The number of urea groups is 1. The molecule has 3 amide bonds. The van der Waals surface area contributed by atoms with Crippen molar-refractivity contribution in [1.82, 2.24) is 20.7 Å². The molecule has 14 heteroatoms. The predicted octanol–water partition coefficient (Wildman–Crippen LogP) is 0.546. The van der Waals surface area contributed by atoms with Crippen LogP contribution < -0.4 is 26.8 Å². The van der Waals surface area contributed by atoms with Crippen molar-refractivity contribution in [3.8, 4) is 0 Å². The molecular weight excluding hydrogens is 570 g/mol. The lowest BCUT2D eigenvalue weighted by Gasteiger charge is -2.50. The Hall–Kier alpha value is -4.79. The van der Waals surface area contributed by atoms with Crippen molar-refractivity contribution in [2.24, 2.45) is 17.6 Å². The number of rotatable bonds is 7. The molecule has 14 nitrogen and oxygen atoms in total. The molecule has 0 radical (unpaired) electrons. The molecule has 5 rings (SSSR count). The molecule has 232 valence electrons. The summed E-state index contributed by atoms with van der Waals surface area (Å²) in [7, 11) is 6.73. The Bertz CT molecular complexity index is 1620. The number of pyridine rings is 1. The van der Waals surface area contributed by atoms with Crippen LogP contribution in [0.2, 0.25) is 0 Å². The number of likely N-dealkylation sites (N-methyl/N-ethyl adjacent to an activating group) is 1. The van der Waals surface area contributed by atoms with Gasteiger partial charge < -0.3 is 31.3 Å². The molecule has 0 saturated heterocycles. The zero-order valence-electron chi connectivity index (χ0n) is 24.7. The van der Waals surface area contributed by atoms with Gasteiger partial charge in [0.2, 0.25) is 5.78 Å². The summed E-state index contributed by atoms with van der Waals surface area (Å²) < 4.78 is 0. The van der Waals surface area contributed by atoms with E-state index in [0.29, 0.717) is 23.5 Å². The Labute approximate surface area is 253 Å². The minimum atomic E-state index is -2.66. The van der Waals surface area contributed by atoms with Gasteiger partial charge in [0.05, 0.1) is 6.04 Å². The van der Waals surface area contributed by atoms with Gasteiger partial charge in [-0.2, -0.15) is 0 Å². The average molecular weight is 606 g/mol. The summed E-state index contributed by atoms with van der Waals surface area (Å²) >= 11 is 0. The van der Waals surface area contributed by atoms with Crippen LogP contribution in [0.3, 0.4) is 0 Å². The smallest absolute Gasteiger partial charge is 0.333 e. The Morgan fingerprint density at radius 2 is 1.89 bits per heavy atom. The molecule has 1 heterocycles. The highest BCUT2D eigenvalue weighted by Crippen LogP contribution is 2.52. The van der Waals surface area contributed by atoms with Crippen LogP contribution in [0, 0.1) is 11.8 Å². The van der Waals surface area contributed by atoms with Gasteiger partial charge in [-0.25, -0.2) is 10.2 Å². The molecular formula is C30H35N7O7. The normalized spacial score (nSPS) is 24.5. The van der Waals surface area contributed by atoms with Crippen molar-refractivity contribution in [1.29, 1.82) is 0 Å². The fraction of sp³-hybridized carbons (Fsp3) is 0.367. The Kier molecular flexibility index (Phi) is 7.92. The summed E-state index contributed by atoms with van der Waals surface area (Å²) in [5.74, 6) is -6.33. The van der Waals surface area contributed by atoms with Gasteiger partial charge in [0.25, 0.3) is 5.91 Å². The fourth-order valence-corrected chi connectivity index (χ4v) is 6.59. The number of amides is 3. The summed E-state index contributed by atoms with van der Waals surface area (Å²) in [4.78, 5) is 59.5. The number of benzene rings is 1. The lowest BCUT2D eigenvalue weighted by Crippen LogP contribution is -2.65. The first-order valence-electron chi connectivity index (χ1n) is 13.9. The number of nitrogens with two attached hydrogens (primary N) is 1.